The van der Waals surface area contributed by atoms with Crippen molar-refractivity contribution in [2.75, 3.05) is 12.4 Å². The van der Waals surface area contributed by atoms with Crippen LogP contribution in [0.2, 0.25) is 0 Å². The summed E-state index contributed by atoms with van der Waals surface area (Å²) in [4.78, 5) is 0. The molecule has 0 saturated heterocycles. The fraction of sp³-hybridized carbons (Fsp3) is 0.571. The minimum absolute atomic E-state index is 0.498. The van der Waals surface area contributed by atoms with E-state index in [1.165, 1.54) is 12.8 Å². The van der Waals surface area contributed by atoms with Gasteiger partial charge in [0.05, 0.1) is 11.6 Å². The summed E-state index contributed by atoms with van der Waals surface area (Å²) in [5.74, 6) is 1.63. The molecule has 0 fully saturated rings. The summed E-state index contributed by atoms with van der Waals surface area (Å²) >= 11 is 3.49. The molecule has 0 spiro atoms. The van der Waals surface area contributed by atoms with E-state index in [0.717, 1.165) is 21.8 Å². The number of anilines is 1. The van der Waals surface area contributed by atoms with Gasteiger partial charge in [-0.05, 0) is 59.8 Å². The maximum Gasteiger partial charge on any atom is 0.133 e. The Morgan fingerprint density at radius 1 is 1.24 bits per heavy atom. The first kappa shape index (κ1) is 14.4. The van der Waals surface area contributed by atoms with Crippen LogP contribution in [0.25, 0.3) is 0 Å². The Balaban J connectivity index is 2.53. The highest BCUT2D eigenvalue weighted by molar-refractivity contribution is 9.10. The van der Waals surface area contributed by atoms with Gasteiger partial charge in [0.2, 0.25) is 0 Å². The molecule has 1 atom stereocenters. The normalized spacial score (nSPS) is 12.6. The zero-order chi connectivity index (χ0) is 12.8. The third kappa shape index (κ3) is 4.99. The van der Waals surface area contributed by atoms with Crippen LogP contribution in [-0.4, -0.2) is 13.2 Å². The number of benzene rings is 1. The molecule has 0 bridgehead atoms. The van der Waals surface area contributed by atoms with Crippen LogP contribution in [0.3, 0.4) is 0 Å². The number of hydrogen-bond donors (Lipinski definition) is 1. The van der Waals surface area contributed by atoms with E-state index < -0.39 is 0 Å². The molecule has 1 aromatic carbocycles. The highest BCUT2D eigenvalue weighted by Crippen LogP contribution is 2.28. The number of halogens is 1. The maximum absolute atomic E-state index is 5.21. The molecule has 3 heteroatoms. The molecule has 1 unspecified atom stereocenters. The van der Waals surface area contributed by atoms with Crippen molar-refractivity contribution < 1.29 is 4.74 Å². The van der Waals surface area contributed by atoms with Gasteiger partial charge >= 0.3 is 0 Å². The fourth-order valence-corrected chi connectivity index (χ4v) is 2.24. The predicted octanol–water partition coefficient (Wildman–Crippen LogP) is 4.69. The van der Waals surface area contributed by atoms with Crippen molar-refractivity contribution in [3.05, 3.63) is 22.7 Å². The van der Waals surface area contributed by atoms with E-state index in [4.69, 9.17) is 4.74 Å². The number of nitrogens with one attached hydrogen (secondary N) is 1. The second-order valence-electron chi connectivity index (χ2n) is 4.87. The van der Waals surface area contributed by atoms with Gasteiger partial charge in [-0.2, -0.15) is 0 Å². The van der Waals surface area contributed by atoms with Gasteiger partial charge in [0, 0.05) is 11.7 Å². The topological polar surface area (TPSA) is 21.3 Å². The van der Waals surface area contributed by atoms with E-state index in [2.05, 4.69) is 54.2 Å². The van der Waals surface area contributed by atoms with Crippen molar-refractivity contribution in [1.82, 2.24) is 0 Å². The molecule has 96 valence electrons. The Bertz CT molecular complexity index is 352. The van der Waals surface area contributed by atoms with Crippen molar-refractivity contribution in [1.29, 1.82) is 0 Å². The lowest BCUT2D eigenvalue weighted by Crippen LogP contribution is -2.15. The van der Waals surface area contributed by atoms with E-state index in [9.17, 15) is 0 Å². The third-order valence-electron chi connectivity index (χ3n) is 2.74. The van der Waals surface area contributed by atoms with Crippen LogP contribution in [0.15, 0.2) is 22.7 Å². The van der Waals surface area contributed by atoms with Crippen molar-refractivity contribution >= 4 is 21.6 Å². The Kier molecular flexibility index (Phi) is 5.83. The lowest BCUT2D eigenvalue weighted by molar-refractivity contribution is 0.412. The second-order valence-corrected chi connectivity index (χ2v) is 5.72. The Labute approximate surface area is 113 Å². The van der Waals surface area contributed by atoms with Crippen LogP contribution in [0.1, 0.15) is 33.6 Å². The summed E-state index contributed by atoms with van der Waals surface area (Å²) < 4.78 is 6.20. The standard InChI is InChI=1S/C14H22BrNO/c1-10(2)5-6-11(3)16-12-7-8-14(17-4)13(15)9-12/h7-11,16H,5-6H2,1-4H3. The lowest BCUT2D eigenvalue weighted by Gasteiger charge is -2.17. The van der Waals surface area contributed by atoms with Gasteiger partial charge in [-0.1, -0.05) is 13.8 Å². The van der Waals surface area contributed by atoms with Crippen LogP contribution >= 0.6 is 15.9 Å². The monoisotopic (exact) mass is 299 g/mol. The molecule has 1 aromatic rings. The molecule has 0 radical (unpaired) electrons. The van der Waals surface area contributed by atoms with Crippen LogP contribution in [0, 0.1) is 5.92 Å². The lowest BCUT2D eigenvalue weighted by atomic mass is 10.0. The summed E-state index contributed by atoms with van der Waals surface area (Å²) in [6, 6.07) is 6.58. The molecule has 2 nitrogen and oxygen atoms in total. The first-order valence-electron chi connectivity index (χ1n) is 6.13. The van der Waals surface area contributed by atoms with Crippen LogP contribution in [-0.2, 0) is 0 Å². The van der Waals surface area contributed by atoms with Crippen LogP contribution in [0.5, 0.6) is 5.75 Å². The van der Waals surface area contributed by atoms with Crippen LogP contribution in [0.4, 0.5) is 5.69 Å². The summed E-state index contributed by atoms with van der Waals surface area (Å²) in [5.41, 5.74) is 1.13. The Morgan fingerprint density at radius 3 is 2.47 bits per heavy atom. The van der Waals surface area contributed by atoms with Gasteiger partial charge in [-0.15, -0.1) is 0 Å². The van der Waals surface area contributed by atoms with Gasteiger partial charge in [0.25, 0.3) is 0 Å². The summed E-state index contributed by atoms with van der Waals surface area (Å²) in [6.07, 6.45) is 2.45. The van der Waals surface area contributed by atoms with Crippen LogP contribution < -0.4 is 10.1 Å². The minimum Gasteiger partial charge on any atom is -0.496 e. The summed E-state index contributed by atoms with van der Waals surface area (Å²) in [7, 11) is 1.68. The zero-order valence-electron chi connectivity index (χ0n) is 11.1. The maximum atomic E-state index is 5.21. The molecule has 0 aliphatic rings. The highest BCUT2D eigenvalue weighted by atomic mass is 79.9. The van der Waals surface area contributed by atoms with Crippen molar-refractivity contribution in [3.63, 3.8) is 0 Å². The van der Waals surface area contributed by atoms with E-state index in [1.807, 2.05) is 6.07 Å². The summed E-state index contributed by atoms with van der Waals surface area (Å²) in [6.45, 7) is 6.74. The smallest absolute Gasteiger partial charge is 0.133 e. The quantitative estimate of drug-likeness (QED) is 0.822. The molecule has 0 amide bonds. The SMILES string of the molecule is COc1ccc(NC(C)CCC(C)C)cc1Br. The van der Waals surface area contributed by atoms with Gasteiger partial charge in [0.1, 0.15) is 5.75 Å². The molecule has 0 saturated carbocycles. The van der Waals surface area contributed by atoms with E-state index in [0.29, 0.717) is 6.04 Å². The highest BCUT2D eigenvalue weighted by Gasteiger charge is 2.06. The number of rotatable bonds is 6. The molecule has 0 aliphatic heterocycles. The number of hydrogen-bond acceptors (Lipinski definition) is 2. The van der Waals surface area contributed by atoms with Gasteiger partial charge in [-0.3, -0.25) is 0 Å². The van der Waals surface area contributed by atoms with E-state index in [1.54, 1.807) is 7.11 Å². The molecular formula is C14H22BrNO. The predicted molar refractivity (Wildman–Crippen MR) is 77.9 cm³/mol. The molecular weight excluding hydrogens is 278 g/mol. The number of methoxy groups -OCH3 is 1. The molecule has 17 heavy (non-hydrogen) atoms. The van der Waals surface area contributed by atoms with Crippen molar-refractivity contribution in [2.24, 2.45) is 5.92 Å². The average Bonchev–Trinajstić information content (AvgIpc) is 2.26. The molecule has 0 aromatic heterocycles. The van der Waals surface area contributed by atoms with Gasteiger partial charge < -0.3 is 10.1 Å². The van der Waals surface area contributed by atoms with E-state index >= 15 is 0 Å². The van der Waals surface area contributed by atoms with Crippen molar-refractivity contribution in [2.45, 2.75) is 39.7 Å². The zero-order valence-corrected chi connectivity index (χ0v) is 12.7. The van der Waals surface area contributed by atoms with Gasteiger partial charge in [0.15, 0.2) is 0 Å². The first-order valence-corrected chi connectivity index (χ1v) is 6.92. The molecule has 0 heterocycles. The largest absolute Gasteiger partial charge is 0.496 e. The Hall–Kier alpha value is -0.700. The number of ether oxygens (including phenoxy) is 1. The molecule has 1 N–H and O–H groups in total. The third-order valence-corrected chi connectivity index (χ3v) is 3.36. The Morgan fingerprint density at radius 2 is 1.94 bits per heavy atom. The average molecular weight is 300 g/mol. The molecule has 0 aliphatic carbocycles. The van der Waals surface area contributed by atoms with Crippen molar-refractivity contribution in [3.8, 4) is 5.75 Å². The van der Waals surface area contributed by atoms with Gasteiger partial charge in [-0.25, -0.2) is 0 Å². The minimum atomic E-state index is 0.498. The van der Waals surface area contributed by atoms with E-state index in [-0.39, 0.29) is 0 Å². The molecule has 1 rings (SSSR count). The second kappa shape index (κ2) is 6.90. The first-order chi connectivity index (χ1) is 8.02. The summed E-state index contributed by atoms with van der Waals surface area (Å²) in [5, 5.41) is 3.50. The fourth-order valence-electron chi connectivity index (χ4n) is 1.70.